The van der Waals surface area contributed by atoms with Gasteiger partial charge in [-0.3, -0.25) is 14.4 Å². The van der Waals surface area contributed by atoms with Crippen LogP contribution in [0, 0.1) is 0 Å². The Morgan fingerprint density at radius 1 is 0.309 bits per heavy atom. The summed E-state index contributed by atoms with van der Waals surface area (Å²) in [6, 6.07) is 0. The van der Waals surface area contributed by atoms with E-state index >= 15 is 0 Å². The molecule has 0 saturated heterocycles. The number of hydrogen-bond donors (Lipinski definition) is 0. The van der Waals surface area contributed by atoms with Crippen molar-refractivity contribution in [3.05, 3.63) is 109 Å². The Morgan fingerprint density at radius 3 is 1.04 bits per heavy atom. The fraction of sp³-hybridized carbons (Fsp3) is 0.661. The fourth-order valence-corrected chi connectivity index (χ4v) is 7.33. The molecule has 0 bridgehead atoms. The summed E-state index contributed by atoms with van der Waals surface area (Å²) in [6.45, 7) is 6.40. The molecule has 0 aromatic carbocycles. The van der Waals surface area contributed by atoms with Gasteiger partial charge in [0.05, 0.1) is 0 Å². The molecular weight excluding hydrogens is 841 g/mol. The Hall–Kier alpha value is -3.93. The molecule has 6 nitrogen and oxygen atoms in total. The van der Waals surface area contributed by atoms with E-state index in [1.165, 1.54) is 122 Å². The van der Waals surface area contributed by atoms with Gasteiger partial charge < -0.3 is 14.2 Å². The summed E-state index contributed by atoms with van der Waals surface area (Å²) in [5, 5.41) is 0. The van der Waals surface area contributed by atoms with Gasteiger partial charge in [0.15, 0.2) is 6.10 Å². The fourth-order valence-electron chi connectivity index (χ4n) is 7.33. The van der Waals surface area contributed by atoms with Gasteiger partial charge in [-0.05, 0) is 109 Å². The minimum Gasteiger partial charge on any atom is -0.462 e. The van der Waals surface area contributed by atoms with Crippen molar-refractivity contribution in [1.29, 1.82) is 0 Å². The average molecular weight is 943 g/mol. The molecule has 0 N–H and O–H groups in total. The molecule has 6 heteroatoms. The molecule has 1 atom stereocenters. The van der Waals surface area contributed by atoms with Crippen LogP contribution in [0.25, 0.3) is 0 Å². The molecule has 0 aliphatic rings. The maximum atomic E-state index is 12.8. The first-order valence-corrected chi connectivity index (χ1v) is 27.9. The minimum atomic E-state index is -0.832. The van der Waals surface area contributed by atoms with Gasteiger partial charge in [-0.1, -0.05) is 226 Å². The Morgan fingerprint density at radius 2 is 0.618 bits per heavy atom. The molecule has 68 heavy (non-hydrogen) atoms. The van der Waals surface area contributed by atoms with Crippen molar-refractivity contribution in [1.82, 2.24) is 0 Å². The lowest BCUT2D eigenvalue weighted by atomic mass is 10.1. The van der Waals surface area contributed by atoms with Gasteiger partial charge in [0.1, 0.15) is 13.2 Å². The molecule has 0 aromatic heterocycles. The summed E-state index contributed by atoms with van der Waals surface area (Å²) in [7, 11) is 0. The Labute approximate surface area is 419 Å². The van der Waals surface area contributed by atoms with Gasteiger partial charge in [-0.2, -0.15) is 0 Å². The summed E-state index contributed by atoms with van der Waals surface area (Å²) in [5.74, 6) is -1.07. The molecule has 0 aliphatic carbocycles. The zero-order valence-electron chi connectivity index (χ0n) is 44.1. The van der Waals surface area contributed by atoms with Crippen LogP contribution in [0.5, 0.6) is 0 Å². The summed E-state index contributed by atoms with van der Waals surface area (Å²) in [5.41, 5.74) is 0. The van der Waals surface area contributed by atoms with Gasteiger partial charge in [-0.15, -0.1) is 0 Å². The second-order valence-corrected chi connectivity index (χ2v) is 18.1. The molecular formula is C62H102O6. The lowest BCUT2D eigenvalue weighted by molar-refractivity contribution is -0.166. The van der Waals surface area contributed by atoms with E-state index < -0.39 is 6.10 Å². The largest absolute Gasteiger partial charge is 0.462 e. The van der Waals surface area contributed by atoms with Crippen LogP contribution in [-0.2, 0) is 28.6 Å². The molecule has 0 spiro atoms. The highest BCUT2D eigenvalue weighted by atomic mass is 16.6. The predicted octanol–water partition coefficient (Wildman–Crippen LogP) is 18.7. The molecule has 1 unspecified atom stereocenters. The summed E-state index contributed by atoms with van der Waals surface area (Å²) in [6.07, 6.45) is 75.2. The van der Waals surface area contributed by atoms with Crippen LogP contribution in [0.1, 0.15) is 245 Å². The first kappa shape index (κ1) is 64.1. The molecule has 386 valence electrons. The Balaban J connectivity index is 4.57. The van der Waals surface area contributed by atoms with Gasteiger partial charge in [0.25, 0.3) is 0 Å². The highest BCUT2D eigenvalue weighted by Crippen LogP contribution is 2.13. The van der Waals surface area contributed by atoms with Crippen LogP contribution in [0.4, 0.5) is 0 Å². The smallest absolute Gasteiger partial charge is 0.306 e. The van der Waals surface area contributed by atoms with Crippen molar-refractivity contribution in [3.63, 3.8) is 0 Å². The highest BCUT2D eigenvalue weighted by molar-refractivity contribution is 5.71. The van der Waals surface area contributed by atoms with Crippen LogP contribution in [0.3, 0.4) is 0 Å². The molecule has 0 rings (SSSR count). The first-order chi connectivity index (χ1) is 33.5. The van der Waals surface area contributed by atoms with Crippen molar-refractivity contribution in [2.75, 3.05) is 13.2 Å². The van der Waals surface area contributed by atoms with Gasteiger partial charge in [0.2, 0.25) is 0 Å². The van der Waals surface area contributed by atoms with Gasteiger partial charge >= 0.3 is 17.9 Å². The number of unbranched alkanes of at least 4 members (excludes halogenated alkanes) is 20. The van der Waals surface area contributed by atoms with E-state index in [4.69, 9.17) is 14.2 Å². The van der Waals surface area contributed by atoms with E-state index in [9.17, 15) is 14.4 Å². The quantitative estimate of drug-likeness (QED) is 0.0262. The standard InChI is InChI=1S/C62H102O6/c1-4-7-10-13-16-19-22-25-28-31-34-37-40-43-46-49-52-55-61(64)67-58-59(57-66-60(63)54-51-48-45-42-39-36-33-30-27-24-21-18-15-12-9-6-3)68-62(65)56-53-50-47-44-41-38-35-32-29-26-23-20-17-14-11-8-5-2/h9,12,18,21,25-30,34,36-37,39,43,45-46,48,59H,4-8,10-11,13-17,19-20,22-24,31-33,35,38,40-42,44,47,49-58H2,1-3H3/b12-9-,21-18-,28-25-,29-26-,30-27-,37-34-,39-36-,46-43-,48-45-. The SMILES string of the molecule is CC/C=C\C/C=C\C/C=C\C/C=C\C/C=C\CCC(=O)OCC(COC(=O)CCC/C=C\C/C=C\C/C=C\CCCCCCCC)OC(=O)CCCCCCCCC/C=C\CCCCCCCC. The molecule has 0 radical (unpaired) electrons. The van der Waals surface area contributed by atoms with Crippen molar-refractivity contribution in [2.24, 2.45) is 0 Å². The lowest BCUT2D eigenvalue weighted by Gasteiger charge is -2.18. The lowest BCUT2D eigenvalue weighted by Crippen LogP contribution is -2.30. The van der Waals surface area contributed by atoms with Crippen molar-refractivity contribution < 1.29 is 28.6 Å². The van der Waals surface area contributed by atoms with E-state index in [1.807, 2.05) is 12.2 Å². The van der Waals surface area contributed by atoms with Crippen molar-refractivity contribution in [2.45, 2.75) is 252 Å². The summed E-state index contributed by atoms with van der Waals surface area (Å²) >= 11 is 0. The molecule has 0 aromatic rings. The van der Waals surface area contributed by atoms with Crippen LogP contribution in [0.2, 0.25) is 0 Å². The molecule has 0 fully saturated rings. The number of allylic oxidation sites excluding steroid dienone is 18. The molecule has 0 saturated carbocycles. The van der Waals surface area contributed by atoms with Crippen molar-refractivity contribution >= 4 is 17.9 Å². The van der Waals surface area contributed by atoms with Crippen LogP contribution in [0.15, 0.2) is 109 Å². The van der Waals surface area contributed by atoms with Crippen LogP contribution < -0.4 is 0 Å². The number of rotatable bonds is 49. The minimum absolute atomic E-state index is 0.130. The first-order valence-electron chi connectivity index (χ1n) is 27.9. The number of hydrogen-bond acceptors (Lipinski definition) is 6. The maximum absolute atomic E-state index is 12.8. The topological polar surface area (TPSA) is 78.9 Å². The third kappa shape index (κ3) is 53.0. The molecule has 0 amide bonds. The number of ether oxygens (including phenoxy) is 3. The summed E-state index contributed by atoms with van der Waals surface area (Å²) in [4.78, 5) is 38.1. The predicted molar refractivity (Wildman–Crippen MR) is 293 cm³/mol. The van der Waals surface area contributed by atoms with Gasteiger partial charge in [0, 0.05) is 19.3 Å². The van der Waals surface area contributed by atoms with E-state index in [0.29, 0.717) is 19.3 Å². The zero-order valence-corrected chi connectivity index (χ0v) is 44.1. The third-order valence-corrected chi connectivity index (χ3v) is 11.5. The van der Waals surface area contributed by atoms with Crippen LogP contribution in [-0.4, -0.2) is 37.2 Å². The van der Waals surface area contributed by atoms with Crippen LogP contribution >= 0.6 is 0 Å². The van der Waals surface area contributed by atoms with E-state index in [0.717, 1.165) is 70.6 Å². The Kier molecular flexibility index (Phi) is 52.4. The molecule has 0 aliphatic heterocycles. The number of carbonyl (C=O) groups is 3. The van der Waals surface area contributed by atoms with Crippen molar-refractivity contribution in [3.8, 4) is 0 Å². The highest BCUT2D eigenvalue weighted by Gasteiger charge is 2.19. The van der Waals surface area contributed by atoms with E-state index in [-0.39, 0.29) is 44.0 Å². The number of carbonyl (C=O) groups excluding carboxylic acids is 3. The maximum Gasteiger partial charge on any atom is 0.306 e. The third-order valence-electron chi connectivity index (χ3n) is 11.5. The number of esters is 3. The van der Waals surface area contributed by atoms with E-state index in [1.54, 1.807) is 0 Å². The monoisotopic (exact) mass is 943 g/mol. The normalized spacial score (nSPS) is 12.9. The Bertz CT molecular complexity index is 1410. The summed E-state index contributed by atoms with van der Waals surface area (Å²) < 4.78 is 16.7. The zero-order chi connectivity index (χ0) is 49.3. The van der Waals surface area contributed by atoms with E-state index in [2.05, 4.69) is 118 Å². The second-order valence-electron chi connectivity index (χ2n) is 18.1. The molecule has 0 heterocycles. The average Bonchev–Trinajstić information content (AvgIpc) is 3.34. The second kappa shape index (κ2) is 55.7. The van der Waals surface area contributed by atoms with Gasteiger partial charge in [-0.25, -0.2) is 0 Å².